The Hall–Kier alpha value is -1.61. The van der Waals surface area contributed by atoms with E-state index in [1.54, 1.807) is 16.8 Å². The molecule has 0 unspecified atom stereocenters. The maximum atomic E-state index is 11.7. The van der Waals surface area contributed by atoms with Crippen LogP contribution in [0.15, 0.2) is 41.3 Å². The van der Waals surface area contributed by atoms with E-state index in [0.717, 1.165) is 11.3 Å². The van der Waals surface area contributed by atoms with Gasteiger partial charge in [0.05, 0.1) is 6.54 Å². The predicted octanol–water partition coefficient (Wildman–Crippen LogP) is 2.25. The molecule has 0 bridgehead atoms. The number of hydrogen-bond donors (Lipinski definition) is 0. The minimum atomic E-state index is -0.0279. The van der Waals surface area contributed by atoms with E-state index in [0.29, 0.717) is 11.7 Å². The summed E-state index contributed by atoms with van der Waals surface area (Å²) in [4.78, 5) is 15.6. The Morgan fingerprint density at radius 1 is 1.31 bits per heavy atom. The quantitative estimate of drug-likeness (QED) is 0.747. The van der Waals surface area contributed by atoms with Crippen molar-refractivity contribution in [3.05, 3.63) is 63.3 Å². The second-order valence-electron chi connectivity index (χ2n) is 3.54. The number of aryl methyl sites for hydroxylation is 1. The van der Waals surface area contributed by atoms with Crippen LogP contribution in [0.5, 0.6) is 0 Å². The molecule has 82 valence electrons. The summed E-state index contributed by atoms with van der Waals surface area (Å²) in [5, 5.41) is 0.442. The fourth-order valence-electron chi connectivity index (χ4n) is 1.53. The Morgan fingerprint density at radius 3 is 2.81 bits per heavy atom. The van der Waals surface area contributed by atoms with Gasteiger partial charge in [0, 0.05) is 23.5 Å². The first kappa shape index (κ1) is 10.9. The SMILES string of the molecule is Cc1cccc(=O)n1Cc1cccnc1Cl. The molecule has 0 aromatic carbocycles. The molecular formula is C12H11ClN2O. The molecule has 4 heteroatoms. The lowest BCUT2D eigenvalue weighted by molar-refractivity contribution is 0.727. The van der Waals surface area contributed by atoms with Crippen molar-refractivity contribution in [3.63, 3.8) is 0 Å². The summed E-state index contributed by atoms with van der Waals surface area (Å²) in [7, 11) is 0. The smallest absolute Gasteiger partial charge is 0.251 e. The van der Waals surface area contributed by atoms with Crippen molar-refractivity contribution >= 4 is 11.6 Å². The van der Waals surface area contributed by atoms with Gasteiger partial charge in [0.25, 0.3) is 5.56 Å². The summed E-state index contributed by atoms with van der Waals surface area (Å²) in [6.45, 7) is 2.35. The fourth-order valence-corrected chi connectivity index (χ4v) is 1.71. The third kappa shape index (κ3) is 2.14. The third-order valence-electron chi connectivity index (χ3n) is 2.43. The molecule has 0 aliphatic heterocycles. The minimum absolute atomic E-state index is 0.0279. The van der Waals surface area contributed by atoms with Crippen LogP contribution < -0.4 is 5.56 Å². The summed E-state index contributed by atoms with van der Waals surface area (Å²) in [6.07, 6.45) is 1.63. The van der Waals surface area contributed by atoms with Gasteiger partial charge in [-0.1, -0.05) is 23.7 Å². The van der Waals surface area contributed by atoms with Gasteiger partial charge >= 0.3 is 0 Å². The van der Waals surface area contributed by atoms with Crippen molar-refractivity contribution in [1.82, 2.24) is 9.55 Å². The molecule has 0 spiro atoms. The standard InChI is InChI=1S/C12H11ClN2O/c1-9-4-2-6-11(16)15(9)8-10-5-3-7-14-12(10)13/h2-7H,8H2,1H3. The van der Waals surface area contributed by atoms with Crippen molar-refractivity contribution in [2.24, 2.45) is 0 Å². The first-order valence-corrected chi connectivity index (χ1v) is 5.32. The number of rotatable bonds is 2. The van der Waals surface area contributed by atoms with Crippen LogP contribution in [0.1, 0.15) is 11.3 Å². The van der Waals surface area contributed by atoms with Crippen molar-refractivity contribution in [1.29, 1.82) is 0 Å². The maximum Gasteiger partial charge on any atom is 0.251 e. The van der Waals surface area contributed by atoms with Gasteiger partial charge in [0.1, 0.15) is 5.15 Å². The average Bonchev–Trinajstić information content (AvgIpc) is 2.26. The zero-order valence-corrected chi connectivity index (χ0v) is 9.61. The predicted molar refractivity (Wildman–Crippen MR) is 63.8 cm³/mol. The van der Waals surface area contributed by atoms with Crippen LogP contribution in [-0.4, -0.2) is 9.55 Å². The Balaban J connectivity index is 2.42. The molecule has 3 nitrogen and oxygen atoms in total. The van der Waals surface area contributed by atoms with Gasteiger partial charge in [-0.25, -0.2) is 4.98 Å². The normalized spacial score (nSPS) is 10.4. The lowest BCUT2D eigenvalue weighted by Gasteiger charge is -2.09. The minimum Gasteiger partial charge on any atom is -0.308 e. The average molecular weight is 235 g/mol. The van der Waals surface area contributed by atoms with Gasteiger partial charge in [-0.15, -0.1) is 0 Å². The summed E-state index contributed by atoms with van der Waals surface area (Å²) < 4.78 is 1.67. The molecule has 0 N–H and O–H groups in total. The Kier molecular flexibility index (Phi) is 3.06. The fraction of sp³-hybridized carbons (Fsp3) is 0.167. The van der Waals surface area contributed by atoms with Crippen molar-refractivity contribution in [2.75, 3.05) is 0 Å². The Morgan fingerprint density at radius 2 is 2.12 bits per heavy atom. The van der Waals surface area contributed by atoms with Crippen molar-refractivity contribution in [2.45, 2.75) is 13.5 Å². The van der Waals surface area contributed by atoms with Gasteiger partial charge in [0.15, 0.2) is 0 Å². The maximum absolute atomic E-state index is 11.7. The number of pyridine rings is 2. The molecule has 2 aromatic rings. The van der Waals surface area contributed by atoms with Crippen LogP contribution >= 0.6 is 11.6 Å². The molecule has 0 atom stereocenters. The van der Waals surface area contributed by atoms with E-state index in [9.17, 15) is 4.79 Å². The van der Waals surface area contributed by atoms with Crippen LogP contribution in [0.25, 0.3) is 0 Å². The van der Waals surface area contributed by atoms with Gasteiger partial charge in [-0.05, 0) is 19.1 Å². The summed E-state index contributed by atoms with van der Waals surface area (Å²) >= 11 is 5.95. The molecule has 0 aliphatic rings. The van der Waals surface area contributed by atoms with E-state index in [-0.39, 0.29) is 5.56 Å². The van der Waals surface area contributed by atoms with Crippen LogP contribution in [0.3, 0.4) is 0 Å². The lowest BCUT2D eigenvalue weighted by Crippen LogP contribution is -2.21. The van der Waals surface area contributed by atoms with Crippen molar-refractivity contribution in [3.8, 4) is 0 Å². The number of aromatic nitrogens is 2. The van der Waals surface area contributed by atoms with E-state index >= 15 is 0 Å². The monoisotopic (exact) mass is 234 g/mol. The molecule has 0 amide bonds. The first-order valence-electron chi connectivity index (χ1n) is 4.94. The zero-order chi connectivity index (χ0) is 11.5. The van der Waals surface area contributed by atoms with E-state index in [1.165, 1.54) is 6.07 Å². The summed E-state index contributed by atoms with van der Waals surface area (Å²) in [6, 6.07) is 8.86. The Labute approximate surface area is 98.3 Å². The van der Waals surface area contributed by atoms with E-state index in [1.807, 2.05) is 25.1 Å². The highest BCUT2D eigenvalue weighted by molar-refractivity contribution is 6.30. The molecule has 2 heterocycles. The lowest BCUT2D eigenvalue weighted by atomic mass is 10.2. The van der Waals surface area contributed by atoms with Gasteiger partial charge < -0.3 is 4.57 Å². The van der Waals surface area contributed by atoms with Crippen LogP contribution in [0, 0.1) is 6.92 Å². The molecule has 0 aliphatic carbocycles. The molecule has 0 saturated carbocycles. The highest BCUT2D eigenvalue weighted by Gasteiger charge is 2.04. The summed E-state index contributed by atoms with van der Waals surface area (Å²) in [5.74, 6) is 0. The molecule has 16 heavy (non-hydrogen) atoms. The van der Waals surface area contributed by atoms with E-state index < -0.39 is 0 Å². The number of halogens is 1. The van der Waals surface area contributed by atoms with Gasteiger partial charge in [-0.2, -0.15) is 0 Å². The highest BCUT2D eigenvalue weighted by atomic mass is 35.5. The van der Waals surface area contributed by atoms with E-state index in [2.05, 4.69) is 4.98 Å². The molecular weight excluding hydrogens is 224 g/mol. The first-order chi connectivity index (χ1) is 7.68. The Bertz CT molecular complexity index is 563. The van der Waals surface area contributed by atoms with Crippen LogP contribution in [-0.2, 0) is 6.54 Å². The molecule has 0 radical (unpaired) electrons. The zero-order valence-electron chi connectivity index (χ0n) is 8.85. The number of nitrogens with zero attached hydrogens (tertiary/aromatic N) is 2. The molecule has 2 rings (SSSR count). The molecule has 0 saturated heterocycles. The second-order valence-corrected chi connectivity index (χ2v) is 3.90. The summed E-state index contributed by atoms with van der Waals surface area (Å²) in [5.41, 5.74) is 1.73. The third-order valence-corrected chi connectivity index (χ3v) is 2.77. The topological polar surface area (TPSA) is 34.9 Å². The van der Waals surface area contributed by atoms with Crippen LogP contribution in [0.2, 0.25) is 5.15 Å². The highest BCUT2D eigenvalue weighted by Crippen LogP contribution is 2.12. The van der Waals surface area contributed by atoms with Gasteiger partial charge in [0.2, 0.25) is 0 Å². The van der Waals surface area contributed by atoms with E-state index in [4.69, 9.17) is 11.6 Å². The van der Waals surface area contributed by atoms with Gasteiger partial charge in [-0.3, -0.25) is 4.79 Å². The molecule has 2 aromatic heterocycles. The van der Waals surface area contributed by atoms with Crippen molar-refractivity contribution < 1.29 is 0 Å². The second kappa shape index (κ2) is 4.49. The largest absolute Gasteiger partial charge is 0.308 e. The van der Waals surface area contributed by atoms with Crippen LogP contribution in [0.4, 0.5) is 0 Å². The molecule has 0 fully saturated rings. The number of hydrogen-bond acceptors (Lipinski definition) is 2.